The van der Waals surface area contributed by atoms with Gasteiger partial charge >= 0.3 is 0 Å². The third kappa shape index (κ3) is 3.43. The first kappa shape index (κ1) is 11.9. The number of hydrogen-bond donors (Lipinski definition) is 1. The Balaban J connectivity index is 1.97. The lowest BCUT2D eigenvalue weighted by Gasteiger charge is -2.05. The van der Waals surface area contributed by atoms with E-state index in [-0.39, 0.29) is 5.91 Å². The Hall–Kier alpha value is -1.61. The number of hydrogen-bond acceptors (Lipinski definition) is 1. The van der Waals surface area contributed by atoms with Gasteiger partial charge < -0.3 is 5.32 Å². The lowest BCUT2D eigenvalue weighted by molar-refractivity contribution is 0.0951. The molecule has 0 atom stereocenters. The van der Waals surface area contributed by atoms with Crippen LogP contribution in [0.15, 0.2) is 59.1 Å². The smallest absolute Gasteiger partial charge is 0.251 e. The zero-order chi connectivity index (χ0) is 12.1. The van der Waals surface area contributed by atoms with Crippen molar-refractivity contribution in [1.29, 1.82) is 0 Å². The number of rotatable bonds is 3. The van der Waals surface area contributed by atoms with E-state index >= 15 is 0 Å². The molecule has 0 saturated heterocycles. The molecule has 0 aliphatic rings. The minimum Gasteiger partial charge on any atom is -0.348 e. The standard InChI is InChI=1S/C14H12BrNO/c15-13-8-4-5-11(9-13)10-16-14(17)12-6-2-1-3-7-12/h1-9H,10H2,(H,16,17). The first-order chi connectivity index (χ1) is 8.25. The van der Waals surface area contributed by atoms with Gasteiger partial charge in [0, 0.05) is 16.6 Å². The minimum absolute atomic E-state index is 0.0504. The number of carbonyl (C=O) groups excluding carboxylic acids is 1. The van der Waals surface area contributed by atoms with Crippen molar-refractivity contribution in [3.63, 3.8) is 0 Å². The van der Waals surface area contributed by atoms with Crippen LogP contribution < -0.4 is 5.32 Å². The van der Waals surface area contributed by atoms with Gasteiger partial charge in [-0.3, -0.25) is 4.79 Å². The van der Waals surface area contributed by atoms with Crippen LogP contribution in [-0.4, -0.2) is 5.91 Å². The van der Waals surface area contributed by atoms with E-state index in [0.29, 0.717) is 12.1 Å². The van der Waals surface area contributed by atoms with Gasteiger partial charge in [0.2, 0.25) is 0 Å². The molecule has 17 heavy (non-hydrogen) atoms. The summed E-state index contributed by atoms with van der Waals surface area (Å²) in [4.78, 5) is 11.8. The van der Waals surface area contributed by atoms with E-state index < -0.39 is 0 Å². The average Bonchev–Trinajstić information content (AvgIpc) is 2.37. The third-order valence-corrected chi connectivity index (χ3v) is 2.87. The number of amides is 1. The second-order valence-electron chi connectivity index (χ2n) is 3.68. The van der Waals surface area contributed by atoms with Gasteiger partial charge in [-0.05, 0) is 29.8 Å². The Labute approximate surface area is 109 Å². The monoisotopic (exact) mass is 289 g/mol. The fraction of sp³-hybridized carbons (Fsp3) is 0.0714. The highest BCUT2D eigenvalue weighted by atomic mass is 79.9. The summed E-state index contributed by atoms with van der Waals surface area (Å²) in [5.74, 6) is -0.0504. The molecule has 0 radical (unpaired) electrons. The van der Waals surface area contributed by atoms with Crippen LogP contribution in [0.1, 0.15) is 15.9 Å². The minimum atomic E-state index is -0.0504. The summed E-state index contributed by atoms with van der Waals surface area (Å²) < 4.78 is 1.02. The molecule has 0 aromatic heterocycles. The number of carbonyl (C=O) groups is 1. The Kier molecular flexibility index (Phi) is 3.94. The van der Waals surface area contributed by atoms with Crippen molar-refractivity contribution in [3.8, 4) is 0 Å². The molecule has 2 rings (SSSR count). The highest BCUT2D eigenvalue weighted by Crippen LogP contribution is 2.11. The normalized spacial score (nSPS) is 9.94. The maximum Gasteiger partial charge on any atom is 0.251 e. The van der Waals surface area contributed by atoms with Crippen LogP contribution in [0.2, 0.25) is 0 Å². The highest BCUT2D eigenvalue weighted by molar-refractivity contribution is 9.10. The second-order valence-corrected chi connectivity index (χ2v) is 4.59. The van der Waals surface area contributed by atoms with Crippen LogP contribution in [0.5, 0.6) is 0 Å². The van der Waals surface area contributed by atoms with E-state index in [2.05, 4.69) is 21.2 Å². The van der Waals surface area contributed by atoms with E-state index in [0.717, 1.165) is 10.0 Å². The molecule has 0 spiro atoms. The van der Waals surface area contributed by atoms with Crippen LogP contribution in [0.25, 0.3) is 0 Å². The molecule has 2 aromatic rings. The number of halogens is 1. The lowest BCUT2D eigenvalue weighted by atomic mass is 10.2. The van der Waals surface area contributed by atoms with Gasteiger partial charge in [-0.2, -0.15) is 0 Å². The fourth-order valence-corrected chi connectivity index (χ4v) is 1.97. The molecule has 1 amide bonds. The quantitative estimate of drug-likeness (QED) is 0.922. The number of nitrogens with one attached hydrogen (secondary N) is 1. The average molecular weight is 290 g/mol. The summed E-state index contributed by atoms with van der Waals surface area (Å²) in [6.07, 6.45) is 0. The SMILES string of the molecule is O=C(NCc1cccc(Br)c1)c1ccccc1. The maximum atomic E-state index is 11.8. The van der Waals surface area contributed by atoms with Crippen molar-refractivity contribution in [1.82, 2.24) is 5.32 Å². The first-order valence-corrected chi connectivity index (χ1v) is 6.13. The molecule has 0 saturated carbocycles. The van der Waals surface area contributed by atoms with Crippen LogP contribution >= 0.6 is 15.9 Å². The summed E-state index contributed by atoms with van der Waals surface area (Å²) in [7, 11) is 0. The summed E-state index contributed by atoms with van der Waals surface area (Å²) >= 11 is 3.40. The van der Waals surface area contributed by atoms with Gasteiger partial charge in [0.15, 0.2) is 0 Å². The lowest BCUT2D eigenvalue weighted by Crippen LogP contribution is -2.22. The molecular formula is C14H12BrNO. The summed E-state index contributed by atoms with van der Waals surface area (Å²) in [6.45, 7) is 0.535. The molecule has 0 heterocycles. The molecular weight excluding hydrogens is 278 g/mol. The maximum absolute atomic E-state index is 11.8. The predicted molar refractivity (Wildman–Crippen MR) is 71.8 cm³/mol. The van der Waals surface area contributed by atoms with Crippen LogP contribution in [-0.2, 0) is 6.54 Å². The van der Waals surface area contributed by atoms with Gasteiger partial charge in [0.25, 0.3) is 5.91 Å². The summed E-state index contributed by atoms with van der Waals surface area (Å²) in [5.41, 5.74) is 1.76. The van der Waals surface area contributed by atoms with Crippen molar-refractivity contribution in [2.45, 2.75) is 6.54 Å². The van der Waals surface area contributed by atoms with Crippen LogP contribution in [0, 0.1) is 0 Å². The van der Waals surface area contributed by atoms with Gasteiger partial charge in [0.05, 0.1) is 0 Å². The van der Waals surface area contributed by atoms with E-state index in [9.17, 15) is 4.79 Å². The van der Waals surface area contributed by atoms with Crippen molar-refractivity contribution in [2.75, 3.05) is 0 Å². The Morgan fingerprint density at radius 1 is 1.06 bits per heavy atom. The molecule has 0 fully saturated rings. The Bertz CT molecular complexity index is 511. The Morgan fingerprint density at radius 3 is 2.53 bits per heavy atom. The zero-order valence-corrected chi connectivity index (χ0v) is 10.8. The molecule has 0 unspecified atom stereocenters. The van der Waals surface area contributed by atoms with E-state index in [4.69, 9.17) is 0 Å². The molecule has 0 aliphatic heterocycles. The number of benzene rings is 2. The highest BCUT2D eigenvalue weighted by Gasteiger charge is 2.03. The summed E-state index contributed by atoms with van der Waals surface area (Å²) in [6, 6.07) is 17.1. The Morgan fingerprint density at radius 2 is 1.82 bits per heavy atom. The topological polar surface area (TPSA) is 29.1 Å². The van der Waals surface area contributed by atoms with Crippen LogP contribution in [0.4, 0.5) is 0 Å². The molecule has 86 valence electrons. The van der Waals surface area contributed by atoms with Crippen molar-refractivity contribution in [2.24, 2.45) is 0 Å². The second kappa shape index (κ2) is 5.64. The van der Waals surface area contributed by atoms with E-state index in [1.54, 1.807) is 12.1 Å². The molecule has 1 N–H and O–H groups in total. The summed E-state index contributed by atoms with van der Waals surface area (Å²) in [5, 5.41) is 2.88. The predicted octanol–water partition coefficient (Wildman–Crippen LogP) is 3.38. The zero-order valence-electron chi connectivity index (χ0n) is 9.19. The van der Waals surface area contributed by atoms with Gasteiger partial charge in [0.1, 0.15) is 0 Å². The molecule has 2 nitrogen and oxygen atoms in total. The third-order valence-electron chi connectivity index (χ3n) is 2.38. The first-order valence-electron chi connectivity index (χ1n) is 5.33. The van der Waals surface area contributed by atoms with Crippen molar-refractivity contribution < 1.29 is 4.79 Å². The molecule has 3 heteroatoms. The molecule has 2 aromatic carbocycles. The van der Waals surface area contributed by atoms with Gasteiger partial charge in [-0.15, -0.1) is 0 Å². The van der Waals surface area contributed by atoms with E-state index in [1.165, 1.54) is 0 Å². The van der Waals surface area contributed by atoms with Crippen molar-refractivity contribution >= 4 is 21.8 Å². The molecule has 0 aliphatic carbocycles. The largest absolute Gasteiger partial charge is 0.348 e. The van der Waals surface area contributed by atoms with Gasteiger partial charge in [-0.1, -0.05) is 46.3 Å². The van der Waals surface area contributed by atoms with E-state index in [1.807, 2.05) is 42.5 Å². The van der Waals surface area contributed by atoms with Crippen molar-refractivity contribution in [3.05, 3.63) is 70.2 Å². The fourth-order valence-electron chi connectivity index (χ4n) is 1.52. The molecule has 0 bridgehead atoms. The van der Waals surface area contributed by atoms with Crippen LogP contribution in [0.3, 0.4) is 0 Å². The van der Waals surface area contributed by atoms with Gasteiger partial charge in [-0.25, -0.2) is 0 Å².